The molecule has 2 rings (SSSR count). The third-order valence-electron chi connectivity index (χ3n) is 3.11. The van der Waals surface area contributed by atoms with Gasteiger partial charge >= 0.3 is 0 Å². The summed E-state index contributed by atoms with van der Waals surface area (Å²) in [6, 6.07) is 12.4. The number of benzene rings is 2. The molecule has 0 aromatic heterocycles. The van der Waals surface area contributed by atoms with Crippen molar-refractivity contribution in [3.8, 4) is 0 Å². The van der Waals surface area contributed by atoms with Crippen molar-refractivity contribution in [1.29, 1.82) is 0 Å². The molecule has 0 saturated carbocycles. The minimum Gasteiger partial charge on any atom is -0.376 e. The van der Waals surface area contributed by atoms with E-state index >= 15 is 0 Å². The van der Waals surface area contributed by atoms with Crippen LogP contribution < -0.4 is 10.6 Å². The zero-order valence-electron chi connectivity index (χ0n) is 12.4. The Labute approximate surface area is 132 Å². The zero-order chi connectivity index (χ0) is 16.8. The lowest BCUT2D eigenvalue weighted by atomic mass is 10.1. The van der Waals surface area contributed by atoms with Crippen LogP contribution in [0.4, 0.5) is 17.1 Å². The molecule has 0 saturated heterocycles. The first-order chi connectivity index (χ1) is 11.0. The summed E-state index contributed by atoms with van der Waals surface area (Å²) >= 11 is 0. The fourth-order valence-corrected chi connectivity index (χ4v) is 1.88. The number of nitro groups is 1. The van der Waals surface area contributed by atoms with Gasteiger partial charge in [-0.3, -0.25) is 19.7 Å². The average molecular weight is 313 g/mol. The number of nitro benzene ring substituents is 1. The summed E-state index contributed by atoms with van der Waals surface area (Å²) < 4.78 is 0. The number of non-ortho nitro benzene ring substituents is 1. The number of carbonyl (C=O) groups is 2. The zero-order valence-corrected chi connectivity index (χ0v) is 12.4. The van der Waals surface area contributed by atoms with Crippen molar-refractivity contribution in [2.45, 2.75) is 6.92 Å². The van der Waals surface area contributed by atoms with Crippen LogP contribution in [-0.4, -0.2) is 23.2 Å². The second kappa shape index (κ2) is 7.17. The maximum atomic E-state index is 11.8. The molecule has 2 aromatic carbocycles. The number of ketones is 1. The fourth-order valence-electron chi connectivity index (χ4n) is 1.88. The van der Waals surface area contributed by atoms with E-state index in [2.05, 4.69) is 10.6 Å². The van der Waals surface area contributed by atoms with E-state index in [0.29, 0.717) is 16.9 Å². The minimum atomic E-state index is -0.502. The minimum absolute atomic E-state index is 0.0209. The van der Waals surface area contributed by atoms with E-state index in [9.17, 15) is 19.7 Å². The first-order valence-electron chi connectivity index (χ1n) is 6.85. The molecule has 1 amide bonds. The molecule has 2 N–H and O–H groups in total. The van der Waals surface area contributed by atoms with Gasteiger partial charge in [0.15, 0.2) is 5.78 Å². The Hall–Kier alpha value is -3.22. The summed E-state index contributed by atoms with van der Waals surface area (Å²) in [4.78, 5) is 33.0. The third-order valence-corrected chi connectivity index (χ3v) is 3.11. The fraction of sp³-hybridized carbons (Fsp3) is 0.125. The number of nitrogens with one attached hydrogen (secondary N) is 2. The van der Waals surface area contributed by atoms with E-state index in [1.165, 1.54) is 31.2 Å². The van der Waals surface area contributed by atoms with Crippen molar-refractivity contribution >= 4 is 28.8 Å². The average Bonchev–Trinajstić information content (AvgIpc) is 2.54. The number of nitrogens with zero attached hydrogens (tertiary/aromatic N) is 1. The van der Waals surface area contributed by atoms with E-state index in [1.807, 2.05) is 0 Å². The van der Waals surface area contributed by atoms with E-state index < -0.39 is 4.92 Å². The smallest absolute Gasteiger partial charge is 0.269 e. The van der Waals surface area contributed by atoms with Gasteiger partial charge in [-0.25, -0.2) is 0 Å². The molecular weight excluding hydrogens is 298 g/mol. The Balaban J connectivity index is 1.87. The number of amides is 1. The lowest BCUT2D eigenvalue weighted by molar-refractivity contribution is -0.384. The van der Waals surface area contributed by atoms with Gasteiger partial charge in [-0.1, -0.05) is 0 Å². The Morgan fingerprint density at radius 3 is 2.09 bits per heavy atom. The number of hydrogen-bond acceptors (Lipinski definition) is 5. The first-order valence-corrected chi connectivity index (χ1v) is 6.85. The number of carbonyl (C=O) groups excluding carboxylic acids is 2. The van der Waals surface area contributed by atoms with Gasteiger partial charge in [0.25, 0.3) is 5.69 Å². The molecule has 0 aliphatic rings. The topological polar surface area (TPSA) is 101 Å². The van der Waals surface area contributed by atoms with Crippen molar-refractivity contribution < 1.29 is 14.5 Å². The number of rotatable bonds is 6. The van der Waals surface area contributed by atoms with Gasteiger partial charge in [-0.2, -0.15) is 0 Å². The molecule has 7 nitrogen and oxygen atoms in total. The normalized spacial score (nSPS) is 9.96. The Morgan fingerprint density at radius 2 is 1.57 bits per heavy atom. The van der Waals surface area contributed by atoms with E-state index in [1.54, 1.807) is 24.3 Å². The highest BCUT2D eigenvalue weighted by molar-refractivity contribution is 5.95. The van der Waals surface area contributed by atoms with Crippen molar-refractivity contribution in [1.82, 2.24) is 0 Å². The van der Waals surface area contributed by atoms with Crippen LogP contribution >= 0.6 is 0 Å². The molecule has 0 radical (unpaired) electrons. The van der Waals surface area contributed by atoms with Gasteiger partial charge < -0.3 is 10.6 Å². The number of hydrogen-bond donors (Lipinski definition) is 2. The molecular formula is C16H15N3O4. The van der Waals surface area contributed by atoms with Gasteiger partial charge in [0.2, 0.25) is 5.91 Å². The maximum Gasteiger partial charge on any atom is 0.269 e. The molecule has 0 fully saturated rings. The van der Waals surface area contributed by atoms with Crippen LogP contribution in [0.15, 0.2) is 48.5 Å². The third kappa shape index (κ3) is 4.63. The molecule has 0 aliphatic carbocycles. The summed E-state index contributed by atoms with van der Waals surface area (Å²) in [5.74, 6) is -0.304. The van der Waals surface area contributed by atoms with Crippen LogP contribution in [0.1, 0.15) is 17.3 Å². The molecule has 0 unspecified atom stereocenters. The SMILES string of the molecule is CC(=O)c1ccc(NCC(=O)Nc2ccc([N+](=O)[O-])cc2)cc1. The van der Waals surface area contributed by atoms with E-state index in [-0.39, 0.29) is 23.9 Å². The van der Waals surface area contributed by atoms with Crippen molar-refractivity contribution in [2.24, 2.45) is 0 Å². The highest BCUT2D eigenvalue weighted by atomic mass is 16.6. The van der Waals surface area contributed by atoms with Crippen molar-refractivity contribution in [2.75, 3.05) is 17.2 Å². The molecule has 0 bridgehead atoms. The molecule has 118 valence electrons. The summed E-state index contributed by atoms with van der Waals surface area (Å²) in [7, 11) is 0. The van der Waals surface area contributed by atoms with Crippen molar-refractivity contribution in [3.05, 3.63) is 64.2 Å². The molecule has 0 atom stereocenters. The van der Waals surface area contributed by atoms with Gasteiger partial charge in [0.05, 0.1) is 11.5 Å². The first kappa shape index (κ1) is 16.2. The Kier molecular flexibility index (Phi) is 5.03. The largest absolute Gasteiger partial charge is 0.376 e. The predicted octanol–water partition coefficient (Wildman–Crippen LogP) is 2.85. The molecule has 0 spiro atoms. The Morgan fingerprint density at radius 1 is 1.00 bits per heavy atom. The van der Waals surface area contributed by atoms with E-state index in [0.717, 1.165) is 0 Å². The summed E-state index contributed by atoms with van der Waals surface area (Å²) in [6.07, 6.45) is 0. The van der Waals surface area contributed by atoms with Gasteiger partial charge in [0, 0.05) is 29.1 Å². The summed E-state index contributed by atoms with van der Waals surface area (Å²) in [5, 5.41) is 16.1. The van der Waals surface area contributed by atoms with Gasteiger partial charge in [-0.15, -0.1) is 0 Å². The standard InChI is InChI=1S/C16H15N3O4/c1-11(20)12-2-4-13(5-3-12)17-10-16(21)18-14-6-8-15(9-7-14)19(22)23/h2-9,17H,10H2,1H3,(H,18,21). The highest BCUT2D eigenvalue weighted by Crippen LogP contribution is 2.15. The van der Waals surface area contributed by atoms with Gasteiger partial charge in [-0.05, 0) is 43.3 Å². The molecule has 7 heteroatoms. The van der Waals surface area contributed by atoms with Crippen molar-refractivity contribution in [3.63, 3.8) is 0 Å². The van der Waals surface area contributed by atoms with Crippen LogP contribution in [-0.2, 0) is 4.79 Å². The van der Waals surface area contributed by atoms with Crippen LogP contribution in [0.3, 0.4) is 0 Å². The van der Waals surface area contributed by atoms with E-state index in [4.69, 9.17) is 0 Å². The summed E-state index contributed by atoms with van der Waals surface area (Å²) in [5.41, 5.74) is 1.76. The Bertz CT molecular complexity index is 724. The maximum absolute atomic E-state index is 11.8. The molecule has 0 heterocycles. The highest BCUT2D eigenvalue weighted by Gasteiger charge is 2.06. The second-order valence-corrected chi connectivity index (χ2v) is 4.84. The number of Topliss-reactive ketones (excluding diaryl/α,β-unsaturated/α-hetero) is 1. The van der Waals surface area contributed by atoms with Crippen LogP contribution in [0.2, 0.25) is 0 Å². The molecule has 2 aromatic rings. The monoisotopic (exact) mass is 313 g/mol. The van der Waals surface area contributed by atoms with Crippen LogP contribution in [0.25, 0.3) is 0 Å². The quantitative estimate of drug-likeness (QED) is 0.485. The van der Waals surface area contributed by atoms with Crippen LogP contribution in [0, 0.1) is 10.1 Å². The molecule has 23 heavy (non-hydrogen) atoms. The molecule has 0 aliphatic heterocycles. The number of anilines is 2. The predicted molar refractivity (Wildman–Crippen MR) is 86.7 cm³/mol. The summed E-state index contributed by atoms with van der Waals surface area (Å²) in [6.45, 7) is 1.52. The van der Waals surface area contributed by atoms with Crippen LogP contribution in [0.5, 0.6) is 0 Å². The lowest BCUT2D eigenvalue weighted by Crippen LogP contribution is -2.21. The van der Waals surface area contributed by atoms with Gasteiger partial charge in [0.1, 0.15) is 0 Å². The second-order valence-electron chi connectivity index (χ2n) is 4.84. The lowest BCUT2D eigenvalue weighted by Gasteiger charge is -2.08.